The molecule has 1 saturated heterocycles. The number of carbonyl (C=O) groups excluding carboxylic acids is 1. The van der Waals surface area contributed by atoms with Crippen molar-refractivity contribution in [2.75, 3.05) is 13.1 Å². The predicted octanol–water partition coefficient (Wildman–Crippen LogP) is 1.84. The van der Waals surface area contributed by atoms with E-state index in [-0.39, 0.29) is 18.4 Å². The van der Waals surface area contributed by atoms with Crippen molar-refractivity contribution < 1.29 is 14.7 Å². The van der Waals surface area contributed by atoms with Gasteiger partial charge in [-0.3, -0.25) is 14.7 Å². The zero-order chi connectivity index (χ0) is 14.4. The number of amides is 1. The highest BCUT2D eigenvalue weighted by Crippen LogP contribution is 2.43. The average molecular weight is 342 g/mol. The van der Waals surface area contributed by atoms with Crippen molar-refractivity contribution in [2.24, 2.45) is 11.8 Å². The summed E-state index contributed by atoms with van der Waals surface area (Å²) in [4.78, 5) is 25.2. The summed E-state index contributed by atoms with van der Waals surface area (Å²) in [6.07, 6.45) is 2.24. The van der Waals surface area contributed by atoms with E-state index in [0.29, 0.717) is 18.2 Å². The van der Waals surface area contributed by atoms with Crippen molar-refractivity contribution >= 4 is 27.8 Å². The Hall–Kier alpha value is -1.37. The molecule has 0 aromatic carbocycles. The summed E-state index contributed by atoms with van der Waals surface area (Å²) in [5.41, 5.74) is 1.35. The van der Waals surface area contributed by atoms with E-state index < -0.39 is 11.9 Å². The van der Waals surface area contributed by atoms with E-state index in [4.69, 9.17) is 5.11 Å². The number of rotatable bonds is 3. The molecule has 2 N–H and O–H groups in total. The van der Waals surface area contributed by atoms with Gasteiger partial charge in [-0.1, -0.05) is 6.92 Å². The van der Waals surface area contributed by atoms with Crippen molar-refractivity contribution in [3.05, 3.63) is 15.9 Å². The van der Waals surface area contributed by atoms with Gasteiger partial charge in [0.2, 0.25) is 0 Å². The van der Waals surface area contributed by atoms with Gasteiger partial charge in [-0.25, -0.2) is 0 Å². The van der Waals surface area contributed by atoms with Crippen molar-refractivity contribution in [1.29, 1.82) is 0 Å². The van der Waals surface area contributed by atoms with Crippen LogP contribution >= 0.6 is 15.9 Å². The second kappa shape index (κ2) is 4.87. The molecule has 0 unspecified atom stereocenters. The third kappa shape index (κ3) is 2.24. The van der Waals surface area contributed by atoms with Crippen LogP contribution in [0.2, 0.25) is 0 Å². The number of hydrogen-bond acceptors (Lipinski definition) is 3. The Morgan fingerprint density at radius 2 is 2.10 bits per heavy atom. The second-order valence-corrected chi connectivity index (χ2v) is 6.50. The molecule has 7 heteroatoms. The lowest BCUT2D eigenvalue weighted by Gasteiger charge is -2.14. The lowest BCUT2D eigenvalue weighted by Crippen LogP contribution is -2.30. The SMILES string of the molecule is C[C@@H]1CN(C(=O)c2n[nH]c(C3CC3)c2Br)C[C@H]1C(=O)O. The number of aromatic nitrogens is 2. The fraction of sp³-hybridized carbons (Fsp3) is 0.615. The molecule has 0 bridgehead atoms. The molecule has 0 radical (unpaired) electrons. The van der Waals surface area contributed by atoms with Gasteiger partial charge < -0.3 is 10.0 Å². The maximum Gasteiger partial charge on any atom is 0.308 e. The largest absolute Gasteiger partial charge is 0.481 e. The van der Waals surface area contributed by atoms with Gasteiger partial charge in [-0.05, 0) is 34.7 Å². The molecule has 1 aromatic rings. The van der Waals surface area contributed by atoms with E-state index in [2.05, 4.69) is 26.1 Å². The number of H-pyrrole nitrogens is 1. The Morgan fingerprint density at radius 1 is 1.40 bits per heavy atom. The molecule has 1 amide bonds. The van der Waals surface area contributed by atoms with Crippen LogP contribution in [-0.2, 0) is 4.79 Å². The van der Waals surface area contributed by atoms with Gasteiger partial charge in [0.15, 0.2) is 5.69 Å². The Morgan fingerprint density at radius 3 is 2.65 bits per heavy atom. The van der Waals surface area contributed by atoms with Crippen molar-refractivity contribution in [1.82, 2.24) is 15.1 Å². The molecule has 2 aliphatic rings. The highest BCUT2D eigenvalue weighted by atomic mass is 79.9. The molecule has 2 atom stereocenters. The number of carboxylic acids is 1. The first kappa shape index (κ1) is 13.6. The zero-order valence-corrected chi connectivity index (χ0v) is 12.7. The maximum absolute atomic E-state index is 12.5. The minimum atomic E-state index is -0.840. The third-order valence-corrected chi connectivity index (χ3v) is 4.94. The highest BCUT2D eigenvalue weighted by molar-refractivity contribution is 9.10. The van der Waals surface area contributed by atoms with Crippen molar-refractivity contribution in [3.8, 4) is 0 Å². The minimum Gasteiger partial charge on any atom is -0.481 e. The van der Waals surface area contributed by atoms with Crippen LogP contribution in [0.25, 0.3) is 0 Å². The van der Waals surface area contributed by atoms with Crippen LogP contribution in [-0.4, -0.2) is 45.2 Å². The Bertz CT molecular complexity index is 567. The van der Waals surface area contributed by atoms with Gasteiger partial charge in [0, 0.05) is 19.0 Å². The van der Waals surface area contributed by atoms with Gasteiger partial charge in [0.25, 0.3) is 5.91 Å². The first-order chi connectivity index (χ1) is 9.49. The molecule has 2 fully saturated rings. The number of nitrogens with zero attached hydrogens (tertiary/aromatic N) is 2. The van der Waals surface area contributed by atoms with Crippen LogP contribution in [0.3, 0.4) is 0 Å². The van der Waals surface area contributed by atoms with Crippen LogP contribution in [0.1, 0.15) is 41.9 Å². The van der Waals surface area contributed by atoms with E-state index in [9.17, 15) is 9.59 Å². The Kier molecular flexibility index (Phi) is 3.32. The standard InChI is InChI=1S/C13H16BrN3O3/c1-6-4-17(5-8(6)13(19)20)12(18)11-9(14)10(15-16-11)7-2-3-7/h6-8H,2-5H2,1H3,(H,15,16)(H,19,20)/t6-,8-/m1/s1. The molecule has 6 nitrogen and oxygen atoms in total. The molecule has 1 aliphatic heterocycles. The summed E-state index contributed by atoms with van der Waals surface area (Å²) in [5.74, 6) is -1.08. The molecular formula is C13H16BrN3O3. The van der Waals surface area contributed by atoms with E-state index in [0.717, 1.165) is 23.0 Å². The number of likely N-dealkylation sites (tertiary alicyclic amines) is 1. The number of hydrogen-bond donors (Lipinski definition) is 2. The molecular weight excluding hydrogens is 326 g/mol. The monoisotopic (exact) mass is 341 g/mol. The normalized spacial score (nSPS) is 26.0. The van der Waals surface area contributed by atoms with Gasteiger partial charge in [-0.15, -0.1) is 0 Å². The smallest absolute Gasteiger partial charge is 0.308 e. The summed E-state index contributed by atoms with van der Waals surface area (Å²) in [5, 5.41) is 16.2. The number of halogens is 1. The van der Waals surface area contributed by atoms with Crippen LogP contribution < -0.4 is 0 Å². The number of carboxylic acid groups (broad SMARTS) is 1. The van der Waals surface area contributed by atoms with Crippen LogP contribution in [0.5, 0.6) is 0 Å². The van der Waals surface area contributed by atoms with Gasteiger partial charge >= 0.3 is 5.97 Å². The van der Waals surface area contributed by atoms with E-state index >= 15 is 0 Å². The Balaban J connectivity index is 1.78. The summed E-state index contributed by atoms with van der Waals surface area (Å²) >= 11 is 3.44. The van der Waals surface area contributed by atoms with Crippen LogP contribution in [0.4, 0.5) is 0 Å². The van der Waals surface area contributed by atoms with Gasteiger partial charge in [0.1, 0.15) is 0 Å². The molecule has 0 spiro atoms. The zero-order valence-electron chi connectivity index (χ0n) is 11.1. The van der Waals surface area contributed by atoms with Crippen LogP contribution in [0, 0.1) is 11.8 Å². The number of carbonyl (C=O) groups is 2. The highest BCUT2D eigenvalue weighted by Gasteiger charge is 2.39. The fourth-order valence-electron chi connectivity index (χ4n) is 2.73. The van der Waals surface area contributed by atoms with E-state index in [1.54, 1.807) is 4.90 Å². The lowest BCUT2D eigenvalue weighted by molar-refractivity contribution is -0.142. The predicted molar refractivity (Wildman–Crippen MR) is 74.5 cm³/mol. The molecule has 1 aliphatic carbocycles. The lowest BCUT2D eigenvalue weighted by atomic mass is 9.99. The first-order valence-corrected chi connectivity index (χ1v) is 7.54. The van der Waals surface area contributed by atoms with Gasteiger partial charge in [0.05, 0.1) is 16.1 Å². The second-order valence-electron chi connectivity index (χ2n) is 5.71. The van der Waals surface area contributed by atoms with Crippen molar-refractivity contribution in [2.45, 2.75) is 25.7 Å². The Labute approximate surface area is 124 Å². The number of aliphatic carboxylic acids is 1. The molecule has 3 rings (SSSR count). The molecule has 20 heavy (non-hydrogen) atoms. The number of aromatic amines is 1. The van der Waals surface area contributed by atoms with Crippen LogP contribution in [0.15, 0.2) is 4.47 Å². The fourth-order valence-corrected chi connectivity index (χ4v) is 3.40. The average Bonchev–Trinajstić information content (AvgIpc) is 3.05. The van der Waals surface area contributed by atoms with Crippen molar-refractivity contribution in [3.63, 3.8) is 0 Å². The molecule has 1 aromatic heterocycles. The summed E-state index contributed by atoms with van der Waals surface area (Å²) < 4.78 is 0.733. The first-order valence-electron chi connectivity index (χ1n) is 6.75. The molecule has 1 saturated carbocycles. The van der Waals surface area contributed by atoms with E-state index in [1.165, 1.54) is 0 Å². The summed E-state index contributed by atoms with van der Waals surface area (Å²) in [6, 6.07) is 0. The topological polar surface area (TPSA) is 86.3 Å². The summed E-state index contributed by atoms with van der Waals surface area (Å²) in [7, 11) is 0. The third-order valence-electron chi connectivity index (χ3n) is 4.14. The van der Waals surface area contributed by atoms with Gasteiger partial charge in [-0.2, -0.15) is 5.10 Å². The van der Waals surface area contributed by atoms with E-state index in [1.807, 2.05) is 6.92 Å². The number of nitrogens with one attached hydrogen (secondary N) is 1. The summed E-state index contributed by atoms with van der Waals surface area (Å²) in [6.45, 7) is 2.59. The maximum atomic E-state index is 12.5. The molecule has 108 valence electrons. The quantitative estimate of drug-likeness (QED) is 0.878. The minimum absolute atomic E-state index is 0.0305. The molecule has 2 heterocycles.